The number of aromatic nitrogens is 1. The van der Waals surface area contributed by atoms with Crippen LogP contribution in [0.5, 0.6) is 0 Å². The van der Waals surface area contributed by atoms with Gasteiger partial charge in [-0.2, -0.15) is 0 Å². The zero-order valence-corrected chi connectivity index (χ0v) is 12.0. The van der Waals surface area contributed by atoms with Gasteiger partial charge in [0, 0.05) is 28.7 Å². The second-order valence-corrected chi connectivity index (χ2v) is 5.12. The van der Waals surface area contributed by atoms with Crippen molar-refractivity contribution in [3.63, 3.8) is 0 Å². The number of rotatable bonds is 3. The molecule has 0 bridgehead atoms. The molecule has 0 atom stereocenters. The normalized spacial score (nSPS) is 10.5. The molecule has 21 heavy (non-hydrogen) atoms. The minimum absolute atomic E-state index is 0.117. The fraction of sp³-hybridized carbons (Fsp3) is 0.0588. The number of fused-ring (bicyclic) bond motifs is 1. The first-order valence-electron chi connectivity index (χ1n) is 6.60. The molecule has 0 unspecified atom stereocenters. The Balaban J connectivity index is 1.81. The fourth-order valence-corrected chi connectivity index (χ4v) is 2.44. The van der Waals surface area contributed by atoms with Gasteiger partial charge in [0.2, 0.25) is 0 Å². The predicted molar refractivity (Wildman–Crippen MR) is 84.4 cm³/mol. The highest BCUT2D eigenvalue weighted by Crippen LogP contribution is 2.16. The van der Waals surface area contributed by atoms with Crippen molar-refractivity contribution in [2.45, 2.75) is 6.54 Å². The number of hydrogen-bond acceptors (Lipinski definition) is 2. The Kier molecular flexibility index (Phi) is 3.84. The van der Waals surface area contributed by atoms with Crippen molar-refractivity contribution in [2.24, 2.45) is 0 Å². The lowest BCUT2D eigenvalue weighted by Gasteiger charge is -2.08. The molecule has 0 aliphatic heterocycles. The molecule has 1 amide bonds. The van der Waals surface area contributed by atoms with Crippen LogP contribution in [0.3, 0.4) is 0 Å². The number of carbonyl (C=O) groups excluding carboxylic acids is 1. The zero-order chi connectivity index (χ0) is 14.7. The molecule has 4 heteroatoms. The van der Waals surface area contributed by atoms with E-state index in [2.05, 4.69) is 10.3 Å². The number of hydrogen-bond donors (Lipinski definition) is 1. The highest BCUT2D eigenvalue weighted by Gasteiger charge is 2.09. The van der Waals surface area contributed by atoms with Gasteiger partial charge in [-0.25, -0.2) is 0 Å². The van der Waals surface area contributed by atoms with E-state index in [9.17, 15) is 4.79 Å². The van der Waals surface area contributed by atoms with E-state index in [0.29, 0.717) is 17.1 Å². The second-order valence-electron chi connectivity index (χ2n) is 4.69. The van der Waals surface area contributed by atoms with Gasteiger partial charge in [0.05, 0.1) is 5.52 Å². The summed E-state index contributed by atoms with van der Waals surface area (Å²) in [5, 5.41) is 4.42. The minimum atomic E-state index is -0.117. The highest BCUT2D eigenvalue weighted by molar-refractivity contribution is 6.30. The minimum Gasteiger partial charge on any atom is -0.348 e. The van der Waals surface area contributed by atoms with Crippen LogP contribution in [-0.2, 0) is 6.54 Å². The van der Waals surface area contributed by atoms with Crippen molar-refractivity contribution in [3.05, 3.63) is 76.9 Å². The Hall–Kier alpha value is -2.39. The summed E-state index contributed by atoms with van der Waals surface area (Å²) in [7, 11) is 0. The summed E-state index contributed by atoms with van der Waals surface area (Å²) in [6.45, 7) is 0.441. The lowest BCUT2D eigenvalue weighted by atomic mass is 10.1. The molecule has 2 aromatic carbocycles. The van der Waals surface area contributed by atoms with E-state index in [1.807, 2.05) is 48.5 Å². The van der Waals surface area contributed by atoms with Gasteiger partial charge in [-0.05, 0) is 35.9 Å². The zero-order valence-electron chi connectivity index (χ0n) is 11.2. The van der Waals surface area contributed by atoms with Crippen LogP contribution in [0, 0.1) is 0 Å². The summed E-state index contributed by atoms with van der Waals surface area (Å²) in [4.78, 5) is 16.6. The third kappa shape index (κ3) is 3.03. The van der Waals surface area contributed by atoms with Gasteiger partial charge >= 0.3 is 0 Å². The fourth-order valence-electron chi connectivity index (χ4n) is 2.23. The van der Waals surface area contributed by atoms with Crippen molar-refractivity contribution in [1.29, 1.82) is 0 Å². The summed E-state index contributed by atoms with van der Waals surface area (Å²) in [5.74, 6) is -0.117. The molecule has 104 valence electrons. The van der Waals surface area contributed by atoms with E-state index >= 15 is 0 Å². The van der Waals surface area contributed by atoms with E-state index < -0.39 is 0 Å². The number of carbonyl (C=O) groups is 1. The smallest absolute Gasteiger partial charge is 0.252 e. The van der Waals surface area contributed by atoms with E-state index in [-0.39, 0.29) is 5.91 Å². The summed E-state index contributed by atoms with van der Waals surface area (Å²) in [6, 6.07) is 16.7. The molecular weight excluding hydrogens is 284 g/mol. The lowest BCUT2D eigenvalue weighted by molar-refractivity contribution is 0.0952. The molecule has 1 aromatic heterocycles. The standard InChI is InChI=1S/C17H13ClN2O/c18-13-5-1-4-12(10-13)11-20-17(21)15-6-2-8-16-14(15)7-3-9-19-16/h1-10H,11H2,(H,20,21). The number of nitrogens with zero attached hydrogens (tertiary/aromatic N) is 1. The van der Waals surface area contributed by atoms with Gasteiger partial charge in [-0.15, -0.1) is 0 Å². The molecule has 0 saturated heterocycles. The van der Waals surface area contributed by atoms with Crippen LogP contribution in [0.4, 0.5) is 0 Å². The van der Waals surface area contributed by atoms with Crippen LogP contribution < -0.4 is 5.32 Å². The molecule has 3 aromatic rings. The second kappa shape index (κ2) is 5.94. The maximum absolute atomic E-state index is 12.3. The first kappa shape index (κ1) is 13.6. The van der Waals surface area contributed by atoms with Gasteiger partial charge in [0.1, 0.15) is 0 Å². The first-order valence-corrected chi connectivity index (χ1v) is 6.98. The van der Waals surface area contributed by atoms with E-state index in [1.165, 1.54) is 0 Å². The number of nitrogens with one attached hydrogen (secondary N) is 1. The quantitative estimate of drug-likeness (QED) is 0.798. The van der Waals surface area contributed by atoms with Crippen LogP contribution in [0.2, 0.25) is 5.02 Å². The average Bonchev–Trinajstić information content (AvgIpc) is 2.52. The van der Waals surface area contributed by atoms with Crippen molar-refractivity contribution < 1.29 is 4.79 Å². The number of pyridine rings is 1. The van der Waals surface area contributed by atoms with Gasteiger partial charge in [-0.3, -0.25) is 9.78 Å². The molecule has 0 spiro atoms. The third-order valence-electron chi connectivity index (χ3n) is 3.23. The molecule has 0 aliphatic rings. The van der Waals surface area contributed by atoms with Crippen LogP contribution in [0.15, 0.2) is 60.8 Å². The molecule has 0 fully saturated rings. The molecule has 1 N–H and O–H groups in total. The monoisotopic (exact) mass is 296 g/mol. The van der Waals surface area contributed by atoms with Crippen LogP contribution in [0.1, 0.15) is 15.9 Å². The number of benzene rings is 2. The van der Waals surface area contributed by atoms with E-state index in [4.69, 9.17) is 11.6 Å². The molecule has 3 nitrogen and oxygen atoms in total. The van der Waals surface area contributed by atoms with Gasteiger partial charge < -0.3 is 5.32 Å². The van der Waals surface area contributed by atoms with Crippen LogP contribution >= 0.6 is 11.6 Å². The molecular formula is C17H13ClN2O. The topological polar surface area (TPSA) is 42.0 Å². The Morgan fingerprint density at radius 2 is 1.95 bits per heavy atom. The molecule has 0 radical (unpaired) electrons. The third-order valence-corrected chi connectivity index (χ3v) is 3.47. The molecule has 3 rings (SSSR count). The number of amides is 1. The maximum Gasteiger partial charge on any atom is 0.252 e. The Morgan fingerprint density at radius 3 is 2.81 bits per heavy atom. The summed E-state index contributed by atoms with van der Waals surface area (Å²) >= 11 is 5.93. The molecule has 0 saturated carbocycles. The largest absolute Gasteiger partial charge is 0.348 e. The first-order chi connectivity index (χ1) is 10.2. The molecule has 1 heterocycles. The Bertz CT molecular complexity index is 796. The average molecular weight is 297 g/mol. The van der Waals surface area contributed by atoms with Gasteiger partial charge in [-0.1, -0.05) is 35.9 Å². The molecule has 0 aliphatic carbocycles. The van der Waals surface area contributed by atoms with Crippen molar-refractivity contribution in [2.75, 3.05) is 0 Å². The van der Waals surface area contributed by atoms with E-state index in [1.54, 1.807) is 12.3 Å². The number of halogens is 1. The lowest BCUT2D eigenvalue weighted by Crippen LogP contribution is -2.23. The van der Waals surface area contributed by atoms with Gasteiger partial charge in [0.25, 0.3) is 5.91 Å². The summed E-state index contributed by atoms with van der Waals surface area (Å²) in [6.07, 6.45) is 1.72. The van der Waals surface area contributed by atoms with Gasteiger partial charge in [0.15, 0.2) is 0 Å². The maximum atomic E-state index is 12.3. The Labute approximate surface area is 127 Å². The summed E-state index contributed by atoms with van der Waals surface area (Å²) in [5.41, 5.74) is 2.41. The predicted octanol–water partition coefficient (Wildman–Crippen LogP) is 3.82. The van der Waals surface area contributed by atoms with Crippen LogP contribution in [-0.4, -0.2) is 10.9 Å². The van der Waals surface area contributed by atoms with Crippen molar-refractivity contribution in [3.8, 4) is 0 Å². The van der Waals surface area contributed by atoms with Crippen molar-refractivity contribution >= 4 is 28.4 Å². The SMILES string of the molecule is O=C(NCc1cccc(Cl)c1)c1cccc2ncccc12. The van der Waals surface area contributed by atoms with Crippen molar-refractivity contribution in [1.82, 2.24) is 10.3 Å². The highest BCUT2D eigenvalue weighted by atomic mass is 35.5. The summed E-state index contributed by atoms with van der Waals surface area (Å²) < 4.78 is 0. The van der Waals surface area contributed by atoms with Crippen LogP contribution in [0.25, 0.3) is 10.9 Å². The van der Waals surface area contributed by atoms with E-state index in [0.717, 1.165) is 16.5 Å². The Morgan fingerprint density at radius 1 is 1.10 bits per heavy atom.